The molecule has 0 aliphatic carbocycles. The molecule has 3 rings (SSSR count). The molecule has 0 saturated carbocycles. The number of thiophene rings is 1. The Hall–Kier alpha value is -1.65. The summed E-state index contributed by atoms with van der Waals surface area (Å²) in [5.74, 6) is -0.699. The Labute approximate surface area is 135 Å². The molecule has 1 N–H and O–H groups in total. The zero-order valence-corrected chi connectivity index (χ0v) is 13.6. The third-order valence-corrected chi connectivity index (χ3v) is 5.38. The van der Waals surface area contributed by atoms with E-state index in [4.69, 9.17) is 0 Å². The van der Waals surface area contributed by atoms with E-state index in [0.717, 1.165) is 25.8 Å². The van der Waals surface area contributed by atoms with E-state index in [1.165, 1.54) is 16.0 Å². The minimum absolute atomic E-state index is 0.0441. The van der Waals surface area contributed by atoms with Crippen LogP contribution in [0.1, 0.15) is 41.3 Å². The van der Waals surface area contributed by atoms with Gasteiger partial charge in [-0.3, -0.25) is 9.69 Å². The van der Waals surface area contributed by atoms with Crippen LogP contribution in [-0.2, 0) is 4.79 Å². The summed E-state index contributed by atoms with van der Waals surface area (Å²) in [4.78, 5) is 15.1. The van der Waals surface area contributed by atoms with Gasteiger partial charge in [-0.2, -0.15) is 0 Å². The summed E-state index contributed by atoms with van der Waals surface area (Å²) >= 11 is 1.71. The topological polar surface area (TPSA) is 40.5 Å². The SMILES string of the molecule is Cc1ccccc1C(c1cccs1)N1CCCCC1C(=O)O. The van der Waals surface area contributed by atoms with Gasteiger partial charge in [-0.1, -0.05) is 36.8 Å². The van der Waals surface area contributed by atoms with Gasteiger partial charge >= 0.3 is 5.97 Å². The highest BCUT2D eigenvalue weighted by atomic mass is 32.1. The van der Waals surface area contributed by atoms with Crippen molar-refractivity contribution in [1.29, 1.82) is 0 Å². The highest BCUT2D eigenvalue weighted by Crippen LogP contribution is 2.37. The van der Waals surface area contributed by atoms with Crippen LogP contribution in [-0.4, -0.2) is 28.6 Å². The van der Waals surface area contributed by atoms with Crippen molar-refractivity contribution in [3.63, 3.8) is 0 Å². The molecule has 1 fully saturated rings. The van der Waals surface area contributed by atoms with Crippen LogP contribution in [0.2, 0.25) is 0 Å². The summed E-state index contributed by atoms with van der Waals surface area (Å²) in [6.45, 7) is 2.95. The Bertz CT molecular complexity index is 638. The molecule has 1 aliphatic rings. The molecule has 4 heteroatoms. The average Bonchev–Trinajstić information content (AvgIpc) is 3.04. The predicted octanol–water partition coefficient (Wildman–Crippen LogP) is 4.09. The Morgan fingerprint density at radius 3 is 2.77 bits per heavy atom. The van der Waals surface area contributed by atoms with Crippen molar-refractivity contribution in [2.45, 2.75) is 38.3 Å². The Balaban J connectivity index is 2.05. The fourth-order valence-corrected chi connectivity index (χ4v) is 4.23. The van der Waals surface area contributed by atoms with Gasteiger partial charge in [-0.15, -0.1) is 11.3 Å². The number of aliphatic carboxylic acids is 1. The first-order valence-corrected chi connectivity index (χ1v) is 8.64. The number of carboxylic acids is 1. The summed E-state index contributed by atoms with van der Waals surface area (Å²) in [6.07, 6.45) is 2.80. The number of piperidine rings is 1. The largest absolute Gasteiger partial charge is 0.480 e. The molecule has 2 heterocycles. The van der Waals surface area contributed by atoms with Crippen LogP contribution < -0.4 is 0 Å². The molecule has 3 nitrogen and oxygen atoms in total. The molecule has 0 radical (unpaired) electrons. The number of rotatable bonds is 4. The molecular weight excluding hydrogens is 294 g/mol. The zero-order valence-electron chi connectivity index (χ0n) is 12.7. The van der Waals surface area contributed by atoms with Crippen LogP contribution in [0.15, 0.2) is 41.8 Å². The monoisotopic (exact) mass is 315 g/mol. The Morgan fingerprint density at radius 1 is 1.27 bits per heavy atom. The van der Waals surface area contributed by atoms with Gasteiger partial charge in [-0.25, -0.2) is 0 Å². The lowest BCUT2D eigenvalue weighted by Gasteiger charge is -2.39. The molecule has 1 aromatic carbocycles. The first-order valence-electron chi connectivity index (χ1n) is 7.76. The van der Waals surface area contributed by atoms with E-state index in [1.54, 1.807) is 11.3 Å². The summed E-state index contributed by atoms with van der Waals surface area (Å²) in [7, 11) is 0. The van der Waals surface area contributed by atoms with Crippen LogP contribution in [0.4, 0.5) is 0 Å². The number of benzene rings is 1. The number of carbonyl (C=O) groups is 1. The minimum atomic E-state index is -0.699. The van der Waals surface area contributed by atoms with Gasteiger partial charge in [0.25, 0.3) is 0 Å². The highest BCUT2D eigenvalue weighted by Gasteiger charge is 2.35. The van der Waals surface area contributed by atoms with Crippen LogP contribution in [0.5, 0.6) is 0 Å². The lowest BCUT2D eigenvalue weighted by atomic mass is 9.93. The second-order valence-electron chi connectivity index (χ2n) is 5.86. The van der Waals surface area contributed by atoms with Crippen molar-refractivity contribution in [3.05, 3.63) is 57.8 Å². The van der Waals surface area contributed by atoms with Gasteiger partial charge in [0.1, 0.15) is 6.04 Å². The molecule has 0 spiro atoms. The maximum absolute atomic E-state index is 11.7. The molecular formula is C18H21NO2S. The summed E-state index contributed by atoms with van der Waals surface area (Å²) < 4.78 is 0. The highest BCUT2D eigenvalue weighted by molar-refractivity contribution is 7.10. The maximum atomic E-state index is 11.7. The quantitative estimate of drug-likeness (QED) is 0.924. The number of likely N-dealkylation sites (tertiary alicyclic amines) is 1. The van der Waals surface area contributed by atoms with Crippen LogP contribution in [0.3, 0.4) is 0 Å². The molecule has 2 aromatic rings. The van der Waals surface area contributed by atoms with Gasteiger partial charge in [-0.05, 0) is 48.9 Å². The molecule has 2 unspecified atom stereocenters. The third-order valence-electron chi connectivity index (χ3n) is 4.46. The third kappa shape index (κ3) is 2.94. The molecule has 1 aromatic heterocycles. The fourth-order valence-electron chi connectivity index (χ4n) is 3.36. The van der Waals surface area contributed by atoms with Crippen LogP contribution >= 0.6 is 11.3 Å². The minimum Gasteiger partial charge on any atom is -0.480 e. The molecule has 0 amide bonds. The van der Waals surface area contributed by atoms with Crippen molar-refractivity contribution < 1.29 is 9.90 Å². The Morgan fingerprint density at radius 2 is 2.09 bits per heavy atom. The van der Waals surface area contributed by atoms with Gasteiger partial charge in [0.15, 0.2) is 0 Å². The van der Waals surface area contributed by atoms with Gasteiger partial charge in [0, 0.05) is 4.88 Å². The van der Waals surface area contributed by atoms with Crippen molar-refractivity contribution in [2.24, 2.45) is 0 Å². The summed E-state index contributed by atoms with van der Waals surface area (Å²) in [6, 6.07) is 12.1. The summed E-state index contributed by atoms with van der Waals surface area (Å²) in [5, 5.41) is 11.7. The molecule has 1 saturated heterocycles. The van der Waals surface area contributed by atoms with E-state index < -0.39 is 5.97 Å². The van der Waals surface area contributed by atoms with E-state index in [2.05, 4.69) is 35.4 Å². The van der Waals surface area contributed by atoms with E-state index in [9.17, 15) is 9.90 Å². The normalized spacial score (nSPS) is 20.7. The Kier molecular flexibility index (Phi) is 4.60. The van der Waals surface area contributed by atoms with E-state index in [0.29, 0.717) is 0 Å². The van der Waals surface area contributed by atoms with Crippen molar-refractivity contribution in [2.75, 3.05) is 6.54 Å². The summed E-state index contributed by atoms with van der Waals surface area (Å²) in [5.41, 5.74) is 2.44. The first-order chi connectivity index (χ1) is 10.7. The second kappa shape index (κ2) is 6.63. The van der Waals surface area contributed by atoms with Crippen LogP contribution in [0, 0.1) is 6.92 Å². The average molecular weight is 315 g/mol. The smallest absolute Gasteiger partial charge is 0.320 e. The number of hydrogen-bond acceptors (Lipinski definition) is 3. The molecule has 22 heavy (non-hydrogen) atoms. The second-order valence-corrected chi connectivity index (χ2v) is 6.84. The number of nitrogens with zero attached hydrogens (tertiary/aromatic N) is 1. The van der Waals surface area contributed by atoms with Gasteiger partial charge in [0.2, 0.25) is 0 Å². The molecule has 0 bridgehead atoms. The van der Waals surface area contributed by atoms with Gasteiger partial charge < -0.3 is 5.11 Å². The zero-order chi connectivity index (χ0) is 15.5. The van der Waals surface area contributed by atoms with Crippen LogP contribution in [0.25, 0.3) is 0 Å². The fraction of sp³-hybridized carbons (Fsp3) is 0.389. The standard InChI is InChI=1S/C18H21NO2S/c1-13-7-2-3-8-14(13)17(16-10-6-12-22-16)19-11-5-4-9-15(19)18(20)21/h2-3,6-8,10,12,15,17H,4-5,9,11H2,1H3,(H,20,21). The first kappa shape index (κ1) is 15.3. The molecule has 1 aliphatic heterocycles. The number of hydrogen-bond donors (Lipinski definition) is 1. The predicted molar refractivity (Wildman–Crippen MR) is 89.3 cm³/mol. The lowest BCUT2D eigenvalue weighted by Crippen LogP contribution is -2.46. The van der Waals surface area contributed by atoms with Crippen molar-refractivity contribution >= 4 is 17.3 Å². The molecule has 116 valence electrons. The van der Waals surface area contributed by atoms with E-state index in [-0.39, 0.29) is 12.1 Å². The lowest BCUT2D eigenvalue weighted by molar-refractivity contribution is -0.145. The number of aryl methyl sites for hydroxylation is 1. The van der Waals surface area contributed by atoms with Crippen molar-refractivity contribution in [1.82, 2.24) is 4.90 Å². The molecule has 2 atom stereocenters. The van der Waals surface area contributed by atoms with E-state index in [1.807, 2.05) is 18.2 Å². The van der Waals surface area contributed by atoms with Crippen molar-refractivity contribution in [3.8, 4) is 0 Å². The van der Waals surface area contributed by atoms with Gasteiger partial charge in [0.05, 0.1) is 6.04 Å². The van der Waals surface area contributed by atoms with E-state index >= 15 is 0 Å². The number of carboxylic acid groups (broad SMARTS) is 1. The maximum Gasteiger partial charge on any atom is 0.320 e.